The van der Waals surface area contributed by atoms with Crippen molar-refractivity contribution in [3.63, 3.8) is 0 Å². The van der Waals surface area contributed by atoms with E-state index in [0.29, 0.717) is 5.75 Å². The minimum absolute atomic E-state index is 0.0793. The van der Waals surface area contributed by atoms with Gasteiger partial charge < -0.3 is 15.2 Å². The van der Waals surface area contributed by atoms with Crippen LogP contribution >= 0.6 is 0 Å². The summed E-state index contributed by atoms with van der Waals surface area (Å²) in [7, 11) is 1.87. The lowest BCUT2D eigenvalue weighted by atomic mass is 10.0. The maximum absolute atomic E-state index is 11.0. The molecule has 20 heavy (non-hydrogen) atoms. The number of aliphatic carboxylic acids is 1. The number of carboxylic acid groups (broad SMARTS) is 1. The van der Waals surface area contributed by atoms with E-state index in [1.165, 1.54) is 6.92 Å². The summed E-state index contributed by atoms with van der Waals surface area (Å²) in [4.78, 5) is 11.0. The van der Waals surface area contributed by atoms with Gasteiger partial charge in [0.2, 0.25) is 0 Å². The Bertz CT molecular complexity index is 624. The normalized spacial score (nSPS) is 13.9. The summed E-state index contributed by atoms with van der Waals surface area (Å²) < 4.78 is 5.70. The fourth-order valence-corrected chi connectivity index (χ4v) is 2.12. The standard InChI is InChI=1S/C16H19NO3/c1-10(17-3)13-9-8-12-6-4-5-7-14(12)15(13)20-11(2)16(18)19/h4-11,17H,1-3H3,(H,18,19). The van der Waals surface area contributed by atoms with E-state index in [0.717, 1.165) is 16.3 Å². The van der Waals surface area contributed by atoms with Crippen molar-refractivity contribution < 1.29 is 14.6 Å². The molecule has 0 saturated carbocycles. The van der Waals surface area contributed by atoms with Gasteiger partial charge in [-0.05, 0) is 26.3 Å². The van der Waals surface area contributed by atoms with Crippen molar-refractivity contribution in [3.8, 4) is 5.75 Å². The van der Waals surface area contributed by atoms with Crippen LogP contribution in [-0.2, 0) is 4.79 Å². The van der Waals surface area contributed by atoms with E-state index in [4.69, 9.17) is 9.84 Å². The highest BCUT2D eigenvalue weighted by molar-refractivity contribution is 5.90. The lowest BCUT2D eigenvalue weighted by Crippen LogP contribution is -2.24. The fraction of sp³-hybridized carbons (Fsp3) is 0.312. The van der Waals surface area contributed by atoms with Crippen molar-refractivity contribution in [2.45, 2.75) is 26.0 Å². The minimum atomic E-state index is -0.971. The lowest BCUT2D eigenvalue weighted by molar-refractivity contribution is -0.144. The highest BCUT2D eigenvalue weighted by atomic mass is 16.5. The van der Waals surface area contributed by atoms with Crippen LogP contribution in [0.4, 0.5) is 0 Å². The molecule has 0 heterocycles. The topological polar surface area (TPSA) is 58.6 Å². The summed E-state index contributed by atoms with van der Waals surface area (Å²) in [6.07, 6.45) is -0.886. The number of hydrogen-bond donors (Lipinski definition) is 2. The van der Waals surface area contributed by atoms with Crippen LogP contribution in [0.3, 0.4) is 0 Å². The highest BCUT2D eigenvalue weighted by Gasteiger charge is 2.19. The third-order valence-corrected chi connectivity index (χ3v) is 3.45. The second-order valence-electron chi connectivity index (χ2n) is 4.81. The van der Waals surface area contributed by atoms with E-state index < -0.39 is 12.1 Å². The molecule has 0 aliphatic carbocycles. The van der Waals surface area contributed by atoms with E-state index in [-0.39, 0.29) is 6.04 Å². The first kappa shape index (κ1) is 14.3. The molecule has 4 nitrogen and oxygen atoms in total. The molecule has 0 saturated heterocycles. The molecule has 0 bridgehead atoms. The smallest absolute Gasteiger partial charge is 0.344 e. The number of benzene rings is 2. The maximum Gasteiger partial charge on any atom is 0.344 e. The summed E-state index contributed by atoms with van der Waals surface area (Å²) in [6.45, 7) is 3.56. The van der Waals surface area contributed by atoms with E-state index in [9.17, 15) is 4.79 Å². The molecule has 2 atom stereocenters. The summed E-state index contributed by atoms with van der Waals surface area (Å²) in [5.74, 6) is -0.333. The molecule has 2 unspecified atom stereocenters. The fourth-order valence-electron chi connectivity index (χ4n) is 2.12. The Balaban J connectivity index is 2.58. The van der Waals surface area contributed by atoms with Gasteiger partial charge >= 0.3 is 5.97 Å². The van der Waals surface area contributed by atoms with Crippen LogP contribution in [0, 0.1) is 0 Å². The first-order chi connectivity index (χ1) is 9.54. The molecule has 2 rings (SSSR count). The first-order valence-electron chi connectivity index (χ1n) is 6.63. The summed E-state index contributed by atoms with van der Waals surface area (Å²) in [6, 6.07) is 11.9. The monoisotopic (exact) mass is 273 g/mol. The van der Waals surface area contributed by atoms with Gasteiger partial charge in [-0.15, -0.1) is 0 Å². The van der Waals surface area contributed by atoms with Crippen molar-refractivity contribution >= 4 is 16.7 Å². The molecule has 0 aliphatic heterocycles. The molecule has 0 fully saturated rings. The van der Waals surface area contributed by atoms with Gasteiger partial charge in [-0.25, -0.2) is 4.79 Å². The SMILES string of the molecule is CNC(C)c1ccc2ccccc2c1OC(C)C(=O)O. The van der Waals surface area contributed by atoms with Crippen LogP contribution in [0.15, 0.2) is 36.4 Å². The molecule has 4 heteroatoms. The number of rotatable bonds is 5. The number of fused-ring (bicyclic) bond motifs is 1. The predicted molar refractivity (Wildman–Crippen MR) is 79.1 cm³/mol. The van der Waals surface area contributed by atoms with Crippen LogP contribution in [0.1, 0.15) is 25.5 Å². The molecule has 106 valence electrons. The Morgan fingerprint density at radius 2 is 1.90 bits per heavy atom. The van der Waals surface area contributed by atoms with Crippen molar-refractivity contribution in [2.24, 2.45) is 0 Å². The zero-order chi connectivity index (χ0) is 14.7. The van der Waals surface area contributed by atoms with Gasteiger partial charge in [0, 0.05) is 17.0 Å². The van der Waals surface area contributed by atoms with Gasteiger partial charge in [0.15, 0.2) is 6.10 Å². The second kappa shape index (κ2) is 5.92. The molecular formula is C16H19NO3. The number of nitrogens with one attached hydrogen (secondary N) is 1. The van der Waals surface area contributed by atoms with E-state index in [2.05, 4.69) is 5.32 Å². The van der Waals surface area contributed by atoms with Crippen LogP contribution in [0.5, 0.6) is 5.75 Å². The van der Waals surface area contributed by atoms with Gasteiger partial charge in [0.05, 0.1) is 0 Å². The van der Waals surface area contributed by atoms with Crippen LogP contribution < -0.4 is 10.1 Å². The average molecular weight is 273 g/mol. The first-order valence-corrected chi connectivity index (χ1v) is 6.63. The summed E-state index contributed by atoms with van der Waals surface area (Å²) in [5, 5.41) is 14.2. The molecule has 2 N–H and O–H groups in total. The summed E-state index contributed by atoms with van der Waals surface area (Å²) in [5.41, 5.74) is 0.958. The zero-order valence-corrected chi connectivity index (χ0v) is 11.9. The molecule has 0 aromatic heterocycles. The Morgan fingerprint density at radius 1 is 1.20 bits per heavy atom. The Kier molecular flexibility index (Phi) is 4.25. The number of ether oxygens (including phenoxy) is 1. The van der Waals surface area contributed by atoms with Gasteiger partial charge in [-0.2, -0.15) is 0 Å². The molecule has 2 aromatic carbocycles. The third kappa shape index (κ3) is 2.75. The molecular weight excluding hydrogens is 254 g/mol. The second-order valence-corrected chi connectivity index (χ2v) is 4.81. The lowest BCUT2D eigenvalue weighted by Gasteiger charge is -2.20. The predicted octanol–water partition coefficient (Wildman–Crippen LogP) is 2.97. The molecule has 0 spiro atoms. The van der Waals surface area contributed by atoms with Crippen molar-refractivity contribution in [2.75, 3.05) is 7.05 Å². The summed E-state index contributed by atoms with van der Waals surface area (Å²) >= 11 is 0. The van der Waals surface area contributed by atoms with E-state index >= 15 is 0 Å². The number of carboxylic acids is 1. The Hall–Kier alpha value is -2.07. The average Bonchev–Trinajstić information content (AvgIpc) is 2.46. The van der Waals surface area contributed by atoms with Gasteiger partial charge in [0.25, 0.3) is 0 Å². The van der Waals surface area contributed by atoms with Crippen molar-refractivity contribution in [1.82, 2.24) is 5.32 Å². The largest absolute Gasteiger partial charge is 0.479 e. The zero-order valence-electron chi connectivity index (χ0n) is 11.9. The minimum Gasteiger partial charge on any atom is -0.479 e. The maximum atomic E-state index is 11.0. The van der Waals surface area contributed by atoms with Gasteiger partial charge in [-0.1, -0.05) is 36.4 Å². The van der Waals surface area contributed by atoms with Crippen LogP contribution in [0.2, 0.25) is 0 Å². The van der Waals surface area contributed by atoms with Crippen molar-refractivity contribution in [1.29, 1.82) is 0 Å². The Labute approximate surface area is 118 Å². The van der Waals surface area contributed by atoms with E-state index in [1.54, 1.807) is 0 Å². The molecule has 0 aliphatic rings. The van der Waals surface area contributed by atoms with Gasteiger partial charge in [-0.3, -0.25) is 0 Å². The molecule has 0 radical (unpaired) electrons. The van der Waals surface area contributed by atoms with Gasteiger partial charge in [0.1, 0.15) is 5.75 Å². The van der Waals surface area contributed by atoms with Crippen LogP contribution in [0.25, 0.3) is 10.8 Å². The van der Waals surface area contributed by atoms with E-state index in [1.807, 2.05) is 50.4 Å². The molecule has 2 aromatic rings. The highest BCUT2D eigenvalue weighted by Crippen LogP contribution is 2.34. The Morgan fingerprint density at radius 3 is 2.55 bits per heavy atom. The number of hydrogen-bond acceptors (Lipinski definition) is 3. The van der Waals surface area contributed by atoms with Crippen molar-refractivity contribution in [3.05, 3.63) is 42.0 Å². The van der Waals surface area contributed by atoms with Crippen LogP contribution in [-0.4, -0.2) is 24.2 Å². The number of carbonyl (C=O) groups is 1. The quantitative estimate of drug-likeness (QED) is 0.879. The third-order valence-electron chi connectivity index (χ3n) is 3.45. The molecule has 0 amide bonds.